The van der Waals surface area contributed by atoms with Crippen LogP contribution < -0.4 is 4.90 Å². The molecule has 0 radical (unpaired) electrons. The molecule has 0 fully saturated rings. The summed E-state index contributed by atoms with van der Waals surface area (Å²) in [4.78, 5) is 10.7. The molecule has 1 atom stereocenters. The van der Waals surface area contributed by atoms with Crippen LogP contribution in [0.2, 0.25) is 0 Å². The molecule has 0 spiro atoms. The second-order valence-electron chi connectivity index (χ2n) is 7.82. The summed E-state index contributed by atoms with van der Waals surface area (Å²) in [6, 6.07) is 14.9. The molecule has 0 saturated heterocycles. The van der Waals surface area contributed by atoms with Gasteiger partial charge in [0.15, 0.2) is 0 Å². The summed E-state index contributed by atoms with van der Waals surface area (Å²) in [6.07, 6.45) is 4.10. The number of hydrogen-bond acceptors (Lipinski definition) is 7. The monoisotopic (exact) mass is 495 g/mol. The molecule has 10 heteroatoms. The highest BCUT2D eigenvalue weighted by Gasteiger charge is 2.37. The van der Waals surface area contributed by atoms with E-state index in [1.165, 1.54) is 11.3 Å². The number of sulfonamides is 1. The van der Waals surface area contributed by atoms with Gasteiger partial charge in [0.1, 0.15) is 4.21 Å². The number of H-pyrrole nitrogens is 1. The van der Waals surface area contributed by atoms with Crippen LogP contribution in [-0.2, 0) is 29.5 Å². The Hall–Kier alpha value is -2.97. The van der Waals surface area contributed by atoms with Crippen LogP contribution >= 0.6 is 22.7 Å². The fourth-order valence-electron chi connectivity index (χ4n) is 4.19. The third-order valence-electron chi connectivity index (χ3n) is 5.70. The lowest BCUT2D eigenvalue weighted by Gasteiger charge is -2.31. The number of hydrogen-bond donors (Lipinski definition) is 1. The number of rotatable bonds is 6. The van der Waals surface area contributed by atoms with Gasteiger partial charge in [0.25, 0.3) is 10.0 Å². The molecule has 0 saturated carbocycles. The van der Waals surface area contributed by atoms with Gasteiger partial charge in [-0.15, -0.1) is 22.7 Å². The number of aromatic nitrogens is 2. The Labute approximate surface area is 200 Å². The molecule has 1 aliphatic rings. The van der Waals surface area contributed by atoms with Gasteiger partial charge in [0.05, 0.1) is 30.2 Å². The van der Waals surface area contributed by atoms with Crippen LogP contribution in [0.5, 0.6) is 0 Å². The number of benzene rings is 1. The summed E-state index contributed by atoms with van der Waals surface area (Å²) >= 11 is 2.86. The van der Waals surface area contributed by atoms with Gasteiger partial charge in [-0.2, -0.15) is 9.57 Å². The number of nitriles is 1. The molecule has 0 amide bonds. The predicted octanol–water partition coefficient (Wildman–Crippen LogP) is 4.23. The van der Waals surface area contributed by atoms with Crippen molar-refractivity contribution in [3.63, 3.8) is 0 Å². The van der Waals surface area contributed by atoms with Crippen molar-refractivity contribution in [3.8, 4) is 6.07 Å². The molecular weight excluding hydrogens is 474 g/mol. The minimum atomic E-state index is -3.72. The first-order valence-electron chi connectivity index (χ1n) is 10.4. The molecule has 4 aromatic rings. The fraction of sp³-hybridized carbons (Fsp3) is 0.217. The molecule has 1 aromatic carbocycles. The van der Waals surface area contributed by atoms with Crippen molar-refractivity contribution < 1.29 is 8.42 Å². The lowest BCUT2D eigenvalue weighted by molar-refractivity contribution is 0.319. The van der Waals surface area contributed by atoms with E-state index in [1.807, 2.05) is 29.8 Å². The van der Waals surface area contributed by atoms with Crippen LogP contribution in [-0.4, -0.2) is 35.3 Å². The zero-order valence-corrected chi connectivity index (χ0v) is 20.0. The highest BCUT2D eigenvalue weighted by atomic mass is 32.2. The molecule has 1 aliphatic heterocycles. The molecular formula is C23H21N5O2S3. The number of aromatic amines is 1. The topological polar surface area (TPSA) is 93.1 Å². The Balaban J connectivity index is 1.62. The van der Waals surface area contributed by atoms with Crippen LogP contribution in [0.15, 0.2) is 70.0 Å². The van der Waals surface area contributed by atoms with E-state index in [2.05, 4.69) is 20.9 Å². The third kappa shape index (κ3) is 4.45. The number of nitrogens with zero attached hydrogens (tertiary/aromatic N) is 4. The number of imidazole rings is 1. The van der Waals surface area contributed by atoms with Crippen LogP contribution in [0, 0.1) is 11.3 Å². The average Bonchev–Trinajstić information content (AvgIpc) is 3.59. The summed E-state index contributed by atoms with van der Waals surface area (Å²) in [7, 11) is -3.72. The largest absolute Gasteiger partial charge is 0.364 e. The molecule has 0 bridgehead atoms. The molecule has 168 valence electrons. The van der Waals surface area contributed by atoms with E-state index in [4.69, 9.17) is 0 Å². The zero-order chi connectivity index (χ0) is 22.8. The highest BCUT2D eigenvalue weighted by Crippen LogP contribution is 2.34. The van der Waals surface area contributed by atoms with Crippen molar-refractivity contribution in [1.82, 2.24) is 14.3 Å². The molecule has 3 aromatic heterocycles. The first-order chi connectivity index (χ1) is 16.0. The molecule has 5 rings (SSSR count). The minimum Gasteiger partial charge on any atom is -0.364 e. The van der Waals surface area contributed by atoms with Crippen molar-refractivity contribution in [1.29, 1.82) is 5.26 Å². The predicted molar refractivity (Wildman–Crippen MR) is 130 cm³/mol. The molecule has 33 heavy (non-hydrogen) atoms. The van der Waals surface area contributed by atoms with Gasteiger partial charge in [-0.3, -0.25) is 0 Å². The number of fused-ring (bicyclic) bond motifs is 1. The Morgan fingerprint density at radius 1 is 1.18 bits per heavy atom. The van der Waals surface area contributed by atoms with Crippen LogP contribution in [0.4, 0.5) is 5.69 Å². The Kier molecular flexibility index (Phi) is 6.03. The van der Waals surface area contributed by atoms with E-state index in [0.717, 1.165) is 21.8 Å². The molecule has 0 aliphatic carbocycles. The lowest BCUT2D eigenvalue weighted by atomic mass is 10.1. The summed E-state index contributed by atoms with van der Waals surface area (Å²) < 4.78 is 29.5. The summed E-state index contributed by atoms with van der Waals surface area (Å²) in [5, 5.41) is 13.3. The quantitative estimate of drug-likeness (QED) is 0.432. The third-order valence-corrected chi connectivity index (χ3v) is 9.87. The smallest absolute Gasteiger partial charge is 0.253 e. The maximum absolute atomic E-state index is 13.8. The van der Waals surface area contributed by atoms with E-state index in [9.17, 15) is 13.7 Å². The zero-order valence-electron chi connectivity index (χ0n) is 17.6. The van der Waals surface area contributed by atoms with E-state index >= 15 is 0 Å². The van der Waals surface area contributed by atoms with Gasteiger partial charge in [0.2, 0.25) is 0 Å². The van der Waals surface area contributed by atoms with Crippen molar-refractivity contribution in [3.05, 3.63) is 87.4 Å². The van der Waals surface area contributed by atoms with E-state index in [-0.39, 0.29) is 12.6 Å². The fourth-order valence-corrected chi connectivity index (χ4v) is 7.68. The van der Waals surface area contributed by atoms with Crippen LogP contribution in [0.25, 0.3) is 0 Å². The second-order valence-corrected chi connectivity index (χ2v) is 11.9. The first-order valence-corrected chi connectivity index (χ1v) is 13.6. The first kappa shape index (κ1) is 21.9. The van der Waals surface area contributed by atoms with Gasteiger partial charge in [0, 0.05) is 42.3 Å². The van der Waals surface area contributed by atoms with Crippen molar-refractivity contribution >= 4 is 38.4 Å². The van der Waals surface area contributed by atoms with Gasteiger partial charge in [-0.1, -0.05) is 12.1 Å². The maximum atomic E-state index is 13.8. The van der Waals surface area contributed by atoms with Crippen molar-refractivity contribution in [2.45, 2.75) is 29.8 Å². The van der Waals surface area contributed by atoms with Crippen molar-refractivity contribution in [2.24, 2.45) is 0 Å². The molecule has 0 unspecified atom stereocenters. The Morgan fingerprint density at radius 3 is 2.73 bits per heavy atom. The van der Waals surface area contributed by atoms with Gasteiger partial charge < -0.3 is 9.88 Å². The standard InChI is InChI=1S/C23H21N5O2S3/c24-11-17-5-6-22-18(9-17)13-28(33(29,30)23-4-2-8-32-23)20(10-21-3-1-7-31-21)15-27(22)14-19-12-25-16-26-19/h1-9,12,16,20H,10,13-15H2,(H,25,26)/t20-/m1/s1. The number of thiophene rings is 2. The number of nitrogens with one attached hydrogen (secondary N) is 1. The SMILES string of the molecule is N#Cc1ccc2c(c1)CN(S(=O)(=O)c1cccs1)[C@H](Cc1cccs1)CN2Cc1c[nH]cn1. The van der Waals surface area contributed by atoms with Crippen molar-refractivity contribution in [2.75, 3.05) is 11.4 Å². The summed E-state index contributed by atoms with van der Waals surface area (Å²) in [5.41, 5.74) is 3.13. The second kappa shape index (κ2) is 9.11. The highest BCUT2D eigenvalue weighted by molar-refractivity contribution is 7.91. The average molecular weight is 496 g/mol. The van der Waals surface area contributed by atoms with E-state index < -0.39 is 10.0 Å². The lowest BCUT2D eigenvalue weighted by Crippen LogP contribution is -2.45. The Bertz CT molecular complexity index is 1360. The van der Waals surface area contributed by atoms with Gasteiger partial charge in [-0.25, -0.2) is 13.4 Å². The van der Waals surface area contributed by atoms with E-state index in [0.29, 0.717) is 29.3 Å². The molecule has 7 nitrogen and oxygen atoms in total. The normalized spacial score (nSPS) is 16.8. The Morgan fingerprint density at radius 2 is 2.03 bits per heavy atom. The summed E-state index contributed by atoms with van der Waals surface area (Å²) in [5.74, 6) is 0. The maximum Gasteiger partial charge on any atom is 0.253 e. The summed E-state index contributed by atoms with van der Waals surface area (Å²) in [6.45, 7) is 1.25. The molecule has 1 N–H and O–H groups in total. The van der Waals surface area contributed by atoms with Crippen LogP contribution in [0.3, 0.4) is 0 Å². The number of anilines is 1. The molecule has 4 heterocycles. The minimum absolute atomic E-state index is 0.207. The van der Waals surface area contributed by atoms with Gasteiger partial charge >= 0.3 is 0 Å². The van der Waals surface area contributed by atoms with Gasteiger partial charge in [-0.05, 0) is 46.7 Å². The van der Waals surface area contributed by atoms with E-state index in [1.54, 1.807) is 51.6 Å². The van der Waals surface area contributed by atoms with Crippen LogP contribution in [0.1, 0.15) is 21.7 Å².